The molecule has 86 valence electrons. The monoisotopic (exact) mass is 303 g/mol. The molecule has 0 radical (unpaired) electrons. The zero-order valence-electron chi connectivity index (χ0n) is 8.55. The maximum atomic E-state index is 11.8. The summed E-state index contributed by atoms with van der Waals surface area (Å²) in [4.78, 5) is 11.8. The van der Waals surface area contributed by atoms with Crippen LogP contribution in [0.4, 0.5) is 5.69 Å². The molecule has 16 heavy (non-hydrogen) atoms. The molecule has 1 aliphatic rings. The molecular weight excluding hydrogens is 294 g/mol. The summed E-state index contributed by atoms with van der Waals surface area (Å²) in [5.41, 5.74) is 0.386. The third-order valence-corrected chi connectivity index (χ3v) is 4.96. The largest absolute Gasteiger partial charge is 0.273 e. The molecule has 1 atom stereocenters. The Morgan fingerprint density at radius 3 is 2.50 bits per heavy atom. The molecule has 1 aromatic rings. The van der Waals surface area contributed by atoms with Crippen LogP contribution in [0.5, 0.6) is 0 Å². The molecule has 0 aliphatic carbocycles. The predicted octanol–water partition coefficient (Wildman–Crippen LogP) is 1.76. The Hall–Kier alpha value is -0.880. The van der Waals surface area contributed by atoms with E-state index in [9.17, 15) is 13.2 Å². The molecule has 0 bridgehead atoms. The smallest absolute Gasteiger partial charge is 0.244 e. The molecule has 1 amide bonds. The van der Waals surface area contributed by atoms with Gasteiger partial charge in [-0.3, -0.25) is 4.79 Å². The van der Waals surface area contributed by atoms with Gasteiger partial charge in [0.15, 0.2) is 0 Å². The van der Waals surface area contributed by atoms with Crippen molar-refractivity contribution in [2.24, 2.45) is 5.92 Å². The maximum absolute atomic E-state index is 11.8. The van der Waals surface area contributed by atoms with Gasteiger partial charge >= 0.3 is 0 Å². The zero-order valence-corrected chi connectivity index (χ0v) is 11.0. The summed E-state index contributed by atoms with van der Waals surface area (Å²) in [5.74, 6) is -0.961. The molecule has 0 aromatic heterocycles. The lowest BCUT2D eigenvalue weighted by Gasteiger charge is -2.16. The summed E-state index contributed by atoms with van der Waals surface area (Å²) in [5, 5.41) is 0. The quantitative estimate of drug-likeness (QED) is 0.794. The second-order valence-electron chi connectivity index (χ2n) is 3.73. The second-order valence-corrected chi connectivity index (χ2v) is 6.45. The Kier molecular flexibility index (Phi) is 2.79. The van der Waals surface area contributed by atoms with Crippen molar-refractivity contribution in [1.82, 2.24) is 0 Å². The molecule has 2 rings (SSSR count). The van der Waals surface area contributed by atoms with Gasteiger partial charge in [0.05, 0.1) is 17.4 Å². The Bertz CT molecular complexity index is 541. The van der Waals surface area contributed by atoms with E-state index in [1.807, 2.05) is 0 Å². The van der Waals surface area contributed by atoms with Crippen molar-refractivity contribution in [1.29, 1.82) is 0 Å². The van der Waals surface area contributed by atoms with Crippen LogP contribution in [0.25, 0.3) is 0 Å². The van der Waals surface area contributed by atoms with Gasteiger partial charge < -0.3 is 0 Å². The highest BCUT2D eigenvalue weighted by Crippen LogP contribution is 2.33. The SMILES string of the molecule is CC1CS(=O)(=O)N(c2ccccc2Br)C1=O. The van der Waals surface area contributed by atoms with E-state index in [4.69, 9.17) is 0 Å². The first-order valence-corrected chi connectivity index (χ1v) is 7.15. The van der Waals surface area contributed by atoms with Gasteiger partial charge in [-0.25, -0.2) is 12.7 Å². The van der Waals surface area contributed by atoms with Gasteiger partial charge in [0.1, 0.15) is 0 Å². The van der Waals surface area contributed by atoms with Crippen molar-refractivity contribution in [2.75, 3.05) is 10.1 Å². The fourth-order valence-electron chi connectivity index (χ4n) is 1.68. The van der Waals surface area contributed by atoms with Crippen molar-refractivity contribution >= 4 is 37.5 Å². The molecule has 0 spiro atoms. The number of sulfonamides is 1. The number of hydrogen-bond donors (Lipinski definition) is 0. The fraction of sp³-hybridized carbons (Fsp3) is 0.300. The highest BCUT2D eigenvalue weighted by atomic mass is 79.9. The summed E-state index contributed by atoms with van der Waals surface area (Å²) in [7, 11) is -3.51. The van der Waals surface area contributed by atoms with Crippen LogP contribution in [0, 0.1) is 5.92 Å². The molecular formula is C10H10BrNO3S. The first-order valence-electron chi connectivity index (χ1n) is 4.75. The number of para-hydroxylation sites is 1. The second kappa shape index (κ2) is 3.85. The first kappa shape index (κ1) is 11.6. The highest BCUT2D eigenvalue weighted by Gasteiger charge is 2.42. The van der Waals surface area contributed by atoms with E-state index in [1.165, 1.54) is 0 Å². The lowest BCUT2D eigenvalue weighted by Crippen LogP contribution is -2.30. The minimum atomic E-state index is -3.51. The van der Waals surface area contributed by atoms with Crippen LogP contribution < -0.4 is 4.31 Å². The van der Waals surface area contributed by atoms with Gasteiger partial charge in [0.25, 0.3) is 0 Å². The molecule has 1 aliphatic heterocycles. The topological polar surface area (TPSA) is 54.5 Å². The van der Waals surface area contributed by atoms with Crippen molar-refractivity contribution in [2.45, 2.75) is 6.92 Å². The molecule has 0 N–H and O–H groups in total. The Morgan fingerprint density at radius 2 is 2.00 bits per heavy atom. The van der Waals surface area contributed by atoms with E-state index in [-0.39, 0.29) is 11.7 Å². The van der Waals surface area contributed by atoms with E-state index in [2.05, 4.69) is 15.9 Å². The average Bonchev–Trinajstić information content (AvgIpc) is 2.38. The Balaban J connectivity index is 2.57. The Morgan fingerprint density at radius 1 is 1.38 bits per heavy atom. The van der Waals surface area contributed by atoms with Gasteiger partial charge in [-0.2, -0.15) is 0 Å². The van der Waals surface area contributed by atoms with Gasteiger partial charge in [-0.1, -0.05) is 19.1 Å². The molecule has 1 aromatic carbocycles. The normalized spacial score (nSPS) is 23.8. The standard InChI is InChI=1S/C10H10BrNO3S/c1-7-6-16(14,15)12(10(7)13)9-5-3-2-4-8(9)11/h2-5,7H,6H2,1H3. The molecule has 1 unspecified atom stereocenters. The number of anilines is 1. The lowest BCUT2D eigenvalue weighted by molar-refractivity contribution is -0.119. The number of nitrogens with zero attached hydrogens (tertiary/aromatic N) is 1. The van der Waals surface area contributed by atoms with Gasteiger partial charge in [-0.15, -0.1) is 0 Å². The van der Waals surface area contributed by atoms with Crippen molar-refractivity contribution in [3.63, 3.8) is 0 Å². The third kappa shape index (κ3) is 1.76. The molecule has 1 fully saturated rings. The number of halogens is 1. The van der Waals surface area contributed by atoms with Crippen LogP contribution in [0.1, 0.15) is 6.92 Å². The number of carbonyl (C=O) groups is 1. The van der Waals surface area contributed by atoms with Crippen LogP contribution in [-0.2, 0) is 14.8 Å². The fourth-order valence-corrected chi connectivity index (χ4v) is 4.10. The predicted molar refractivity (Wildman–Crippen MR) is 64.6 cm³/mol. The Labute approximate surface area is 102 Å². The zero-order chi connectivity index (χ0) is 11.9. The number of rotatable bonds is 1. The van der Waals surface area contributed by atoms with Gasteiger partial charge in [0, 0.05) is 4.47 Å². The molecule has 6 heteroatoms. The first-order chi connectivity index (χ1) is 7.43. The number of carbonyl (C=O) groups excluding carboxylic acids is 1. The van der Waals surface area contributed by atoms with E-state index >= 15 is 0 Å². The lowest BCUT2D eigenvalue weighted by atomic mass is 10.2. The van der Waals surface area contributed by atoms with Gasteiger partial charge in [0.2, 0.25) is 15.9 Å². The molecule has 0 saturated carbocycles. The molecule has 4 nitrogen and oxygen atoms in total. The summed E-state index contributed by atoms with van der Waals surface area (Å²) < 4.78 is 25.1. The van der Waals surface area contributed by atoms with E-state index < -0.39 is 15.9 Å². The summed E-state index contributed by atoms with van der Waals surface area (Å²) in [6.07, 6.45) is 0. The van der Waals surface area contributed by atoms with Crippen LogP contribution in [-0.4, -0.2) is 20.1 Å². The van der Waals surface area contributed by atoms with Crippen LogP contribution in [0.3, 0.4) is 0 Å². The minimum Gasteiger partial charge on any atom is -0.273 e. The molecule has 1 saturated heterocycles. The number of benzene rings is 1. The number of hydrogen-bond acceptors (Lipinski definition) is 3. The minimum absolute atomic E-state index is 0.118. The molecule has 1 heterocycles. The summed E-state index contributed by atoms with van der Waals surface area (Å²) in [6.45, 7) is 1.62. The van der Waals surface area contributed by atoms with Crippen LogP contribution >= 0.6 is 15.9 Å². The van der Waals surface area contributed by atoms with E-state index in [1.54, 1.807) is 31.2 Å². The third-order valence-electron chi connectivity index (χ3n) is 2.43. The van der Waals surface area contributed by atoms with Crippen molar-refractivity contribution in [3.8, 4) is 0 Å². The number of amides is 1. The van der Waals surface area contributed by atoms with Crippen LogP contribution in [0.15, 0.2) is 28.7 Å². The average molecular weight is 304 g/mol. The van der Waals surface area contributed by atoms with Crippen molar-refractivity contribution in [3.05, 3.63) is 28.7 Å². The van der Waals surface area contributed by atoms with Crippen LogP contribution in [0.2, 0.25) is 0 Å². The summed E-state index contributed by atoms with van der Waals surface area (Å²) >= 11 is 3.25. The van der Waals surface area contributed by atoms with Gasteiger partial charge in [-0.05, 0) is 28.1 Å². The van der Waals surface area contributed by atoms with Crippen molar-refractivity contribution < 1.29 is 13.2 Å². The summed E-state index contributed by atoms with van der Waals surface area (Å²) in [6, 6.07) is 6.79. The maximum Gasteiger partial charge on any atom is 0.244 e. The van der Waals surface area contributed by atoms with E-state index in [0.29, 0.717) is 10.2 Å². The highest BCUT2D eigenvalue weighted by molar-refractivity contribution is 9.10. The van der Waals surface area contributed by atoms with E-state index in [0.717, 1.165) is 4.31 Å².